The molecule has 1 aliphatic heterocycles. The van der Waals surface area contributed by atoms with Gasteiger partial charge in [-0.15, -0.1) is 4.91 Å². The van der Waals surface area contributed by atoms with Crippen LogP contribution in [0.3, 0.4) is 0 Å². The fraction of sp³-hybridized carbons (Fsp3) is 0.714. The molecule has 2 aliphatic rings. The lowest BCUT2D eigenvalue weighted by Crippen LogP contribution is -2.36. The van der Waals surface area contributed by atoms with Crippen LogP contribution in [0.5, 0.6) is 0 Å². The molecule has 1 aromatic rings. The van der Waals surface area contributed by atoms with Crippen LogP contribution in [-0.2, 0) is 4.74 Å². The van der Waals surface area contributed by atoms with Gasteiger partial charge in [0.1, 0.15) is 12.1 Å². The molecule has 1 saturated heterocycles. The van der Waals surface area contributed by atoms with Gasteiger partial charge in [-0.05, 0) is 18.0 Å². The summed E-state index contributed by atoms with van der Waals surface area (Å²) in [5.74, 6) is 0.902. The van der Waals surface area contributed by atoms with Gasteiger partial charge in [0.05, 0.1) is 13.2 Å². The quantitative estimate of drug-likeness (QED) is 0.838. The van der Waals surface area contributed by atoms with E-state index in [9.17, 15) is 4.91 Å². The first-order valence-electron chi connectivity index (χ1n) is 7.53. The van der Waals surface area contributed by atoms with E-state index in [1.807, 2.05) is 4.90 Å². The number of hydrogen-bond donors (Lipinski definition) is 1. The number of hydrogen-bond acceptors (Lipinski definition) is 7. The summed E-state index contributed by atoms with van der Waals surface area (Å²) in [5.41, 5.74) is 5.63. The number of ether oxygens (including phenoxy) is 1. The predicted molar refractivity (Wildman–Crippen MR) is 81.6 cm³/mol. The van der Waals surface area contributed by atoms with Crippen LogP contribution < -0.4 is 10.6 Å². The molecule has 7 nitrogen and oxygen atoms in total. The van der Waals surface area contributed by atoms with Crippen molar-refractivity contribution in [3.05, 3.63) is 17.3 Å². The van der Waals surface area contributed by atoms with Crippen LogP contribution >= 0.6 is 0 Å². The van der Waals surface area contributed by atoms with Crippen LogP contribution in [0.4, 0.5) is 11.6 Å². The number of rotatable bonds is 2. The number of nitroso groups, excluding NO2 is 1. The summed E-state index contributed by atoms with van der Waals surface area (Å²) >= 11 is 0. The molecule has 0 aromatic carbocycles. The molecule has 2 heterocycles. The molecule has 0 bridgehead atoms. The number of aromatic nitrogens is 2. The monoisotopic (exact) mass is 293 g/mol. The lowest BCUT2D eigenvalue weighted by atomic mass is 9.97. The summed E-state index contributed by atoms with van der Waals surface area (Å²) in [6, 6.07) is 2.12. The van der Waals surface area contributed by atoms with Gasteiger partial charge in [0.15, 0.2) is 0 Å². The minimum Gasteiger partial charge on any atom is -0.378 e. The maximum atomic E-state index is 10.3. The minimum atomic E-state index is 0.168. The maximum Gasteiger partial charge on any atom is 0.201 e. The largest absolute Gasteiger partial charge is 0.378 e. The Morgan fingerprint density at radius 1 is 1.19 bits per heavy atom. The van der Waals surface area contributed by atoms with E-state index in [1.165, 1.54) is 38.4 Å². The molecule has 1 aliphatic carbocycles. The van der Waals surface area contributed by atoms with Crippen molar-refractivity contribution in [3.8, 4) is 0 Å². The molecule has 7 heteroatoms. The Hall–Kier alpha value is -1.60. The Balaban J connectivity index is 0.000000194. The highest BCUT2D eigenvalue weighted by Crippen LogP contribution is 2.16. The lowest BCUT2D eigenvalue weighted by Gasteiger charge is -2.27. The second-order valence-corrected chi connectivity index (χ2v) is 5.32. The van der Waals surface area contributed by atoms with Gasteiger partial charge in [-0.25, -0.2) is 9.97 Å². The van der Waals surface area contributed by atoms with E-state index in [0.717, 1.165) is 18.9 Å². The third-order valence-electron chi connectivity index (χ3n) is 3.72. The Bertz CT molecular complexity index is 431. The van der Waals surface area contributed by atoms with Crippen molar-refractivity contribution in [2.75, 3.05) is 31.2 Å². The van der Waals surface area contributed by atoms with E-state index >= 15 is 0 Å². The summed E-state index contributed by atoms with van der Waals surface area (Å²) in [4.78, 5) is 20.1. The summed E-state index contributed by atoms with van der Waals surface area (Å²) in [7, 11) is 0. The van der Waals surface area contributed by atoms with Crippen molar-refractivity contribution < 1.29 is 4.74 Å². The fourth-order valence-corrected chi connectivity index (χ4v) is 2.49. The number of nitrogens with two attached hydrogens (primary N) is 1. The van der Waals surface area contributed by atoms with Crippen molar-refractivity contribution >= 4 is 11.6 Å². The summed E-state index contributed by atoms with van der Waals surface area (Å²) in [5, 5.41) is 2.77. The molecule has 2 fully saturated rings. The molecule has 21 heavy (non-hydrogen) atoms. The molecule has 1 saturated carbocycles. The predicted octanol–water partition coefficient (Wildman–Crippen LogP) is 1.99. The summed E-state index contributed by atoms with van der Waals surface area (Å²) < 4.78 is 5.21. The SMILES string of the molecule is NC1CCCCC1.O=Nc1cc(N2CCOCC2)ncn1. The van der Waals surface area contributed by atoms with Gasteiger partial charge in [0.2, 0.25) is 5.82 Å². The molecule has 1 aromatic heterocycles. The molecule has 2 N–H and O–H groups in total. The molecule has 0 atom stereocenters. The van der Waals surface area contributed by atoms with E-state index in [0.29, 0.717) is 19.3 Å². The zero-order valence-corrected chi connectivity index (χ0v) is 12.3. The molecule has 0 unspecified atom stereocenters. The molecule has 0 radical (unpaired) electrons. The highest BCUT2D eigenvalue weighted by molar-refractivity contribution is 5.45. The standard InChI is InChI=1S/C8H10N4O2.C6H13N/c13-11-7-5-8(10-6-9-7)12-1-3-14-4-2-12;7-6-4-2-1-3-5-6/h5-6H,1-4H2;6H,1-5,7H2. The fourth-order valence-electron chi connectivity index (χ4n) is 2.49. The molecular formula is C14H23N5O2. The van der Waals surface area contributed by atoms with Gasteiger partial charge >= 0.3 is 0 Å². The molecule has 3 rings (SSSR count). The second-order valence-electron chi connectivity index (χ2n) is 5.32. The van der Waals surface area contributed by atoms with E-state index < -0.39 is 0 Å². The van der Waals surface area contributed by atoms with E-state index in [2.05, 4.69) is 15.1 Å². The first-order valence-corrected chi connectivity index (χ1v) is 7.53. The third kappa shape index (κ3) is 5.35. The van der Waals surface area contributed by atoms with Gasteiger partial charge in [-0.2, -0.15) is 0 Å². The van der Waals surface area contributed by atoms with E-state index in [-0.39, 0.29) is 5.82 Å². The van der Waals surface area contributed by atoms with Crippen LogP contribution in [0.1, 0.15) is 32.1 Å². The Morgan fingerprint density at radius 3 is 2.48 bits per heavy atom. The van der Waals surface area contributed by atoms with Crippen molar-refractivity contribution in [1.29, 1.82) is 0 Å². The van der Waals surface area contributed by atoms with Crippen LogP contribution in [0.2, 0.25) is 0 Å². The topological polar surface area (TPSA) is 93.7 Å². The summed E-state index contributed by atoms with van der Waals surface area (Å²) in [6.45, 7) is 2.95. The zero-order chi connectivity index (χ0) is 14.9. The summed E-state index contributed by atoms with van der Waals surface area (Å²) in [6.07, 6.45) is 8.01. The average Bonchev–Trinajstić information content (AvgIpc) is 2.57. The van der Waals surface area contributed by atoms with Crippen LogP contribution in [0.25, 0.3) is 0 Å². The number of nitrogens with zero attached hydrogens (tertiary/aromatic N) is 4. The molecular weight excluding hydrogens is 270 g/mol. The lowest BCUT2D eigenvalue weighted by molar-refractivity contribution is 0.122. The Morgan fingerprint density at radius 2 is 1.90 bits per heavy atom. The van der Waals surface area contributed by atoms with Crippen LogP contribution in [0, 0.1) is 4.91 Å². The molecule has 0 amide bonds. The normalized spacial score (nSPS) is 19.6. The van der Waals surface area contributed by atoms with E-state index in [1.54, 1.807) is 6.07 Å². The maximum absolute atomic E-state index is 10.3. The molecule has 116 valence electrons. The van der Waals surface area contributed by atoms with Crippen LogP contribution in [0.15, 0.2) is 17.6 Å². The average molecular weight is 293 g/mol. The smallest absolute Gasteiger partial charge is 0.201 e. The highest BCUT2D eigenvalue weighted by atomic mass is 16.5. The van der Waals surface area contributed by atoms with Crippen molar-refractivity contribution in [1.82, 2.24) is 9.97 Å². The third-order valence-corrected chi connectivity index (χ3v) is 3.72. The Kier molecular flexibility index (Phi) is 6.49. The van der Waals surface area contributed by atoms with Gasteiger partial charge in [-0.1, -0.05) is 19.3 Å². The van der Waals surface area contributed by atoms with Gasteiger partial charge in [0, 0.05) is 25.2 Å². The highest BCUT2D eigenvalue weighted by Gasteiger charge is 2.12. The first kappa shape index (κ1) is 15.8. The first-order chi connectivity index (χ1) is 10.3. The minimum absolute atomic E-state index is 0.168. The van der Waals surface area contributed by atoms with E-state index in [4.69, 9.17) is 10.5 Å². The van der Waals surface area contributed by atoms with Gasteiger partial charge in [0.25, 0.3) is 0 Å². The number of morpholine rings is 1. The second kappa shape index (κ2) is 8.63. The zero-order valence-electron chi connectivity index (χ0n) is 12.3. The van der Waals surface area contributed by atoms with Crippen LogP contribution in [-0.4, -0.2) is 42.3 Å². The molecule has 0 spiro atoms. The van der Waals surface area contributed by atoms with Gasteiger partial charge < -0.3 is 15.4 Å². The number of anilines is 1. The van der Waals surface area contributed by atoms with Crippen molar-refractivity contribution in [2.45, 2.75) is 38.1 Å². The van der Waals surface area contributed by atoms with Gasteiger partial charge in [-0.3, -0.25) is 0 Å². The Labute approximate surface area is 124 Å². The van der Waals surface area contributed by atoms with Crippen molar-refractivity contribution in [2.24, 2.45) is 10.9 Å². The van der Waals surface area contributed by atoms with Crippen molar-refractivity contribution in [3.63, 3.8) is 0 Å².